The summed E-state index contributed by atoms with van der Waals surface area (Å²) in [7, 11) is -4.17. The third-order valence-electron chi connectivity index (χ3n) is 4.33. The summed E-state index contributed by atoms with van der Waals surface area (Å²) in [5.74, 6) is -0.416. The number of nitrogens with zero attached hydrogens (tertiary/aromatic N) is 1. The molecule has 0 aliphatic carbocycles. The second kappa shape index (κ2) is 7.32. The zero-order valence-corrected chi connectivity index (χ0v) is 16.4. The van der Waals surface area contributed by atoms with E-state index in [1.807, 2.05) is 0 Å². The smallest absolute Gasteiger partial charge is 0.339 e. The third kappa shape index (κ3) is 3.99. The second-order valence-electron chi connectivity index (χ2n) is 6.33. The van der Waals surface area contributed by atoms with Gasteiger partial charge in [-0.05, 0) is 62.2 Å². The van der Waals surface area contributed by atoms with Crippen LogP contribution in [0.15, 0.2) is 41.3 Å². The molecule has 1 amide bonds. The summed E-state index contributed by atoms with van der Waals surface area (Å²) in [6.07, 6.45) is 1.28. The molecule has 0 aromatic heterocycles. The molecule has 0 atom stereocenters. The van der Waals surface area contributed by atoms with Crippen LogP contribution in [0, 0.1) is 6.92 Å². The maximum atomic E-state index is 12.7. The molecule has 0 N–H and O–H groups in total. The minimum absolute atomic E-state index is 0.0218. The standard InChI is InChI=1S/C19H18ClNO5S/c1-12-10-15(21-9-3-4-19(21)23)6-8-18(12)27(24,25)26-17-7-5-14(20)11-16(17)13(2)22/h5-8,10-11H,3-4,9H2,1-2H3. The van der Waals surface area contributed by atoms with Gasteiger partial charge in [-0.25, -0.2) is 0 Å². The van der Waals surface area contributed by atoms with Crippen molar-refractivity contribution in [2.75, 3.05) is 11.4 Å². The quantitative estimate of drug-likeness (QED) is 0.557. The van der Waals surface area contributed by atoms with Gasteiger partial charge in [-0.1, -0.05) is 11.6 Å². The van der Waals surface area contributed by atoms with Crippen LogP contribution in [0.2, 0.25) is 5.02 Å². The van der Waals surface area contributed by atoms with Crippen LogP contribution in [0.1, 0.15) is 35.7 Å². The molecule has 2 aromatic rings. The molecule has 3 rings (SSSR count). The number of hydrogen-bond donors (Lipinski definition) is 0. The SMILES string of the molecule is CC(=O)c1cc(Cl)ccc1OS(=O)(=O)c1ccc(N2CCCC2=O)cc1C. The highest BCUT2D eigenvalue weighted by Gasteiger charge is 2.25. The number of Topliss-reactive ketones (excluding diaryl/α,β-unsaturated/α-hetero) is 1. The highest BCUT2D eigenvalue weighted by molar-refractivity contribution is 7.87. The normalized spacial score (nSPS) is 14.5. The molecule has 142 valence electrons. The first-order valence-electron chi connectivity index (χ1n) is 8.35. The molecule has 1 heterocycles. The lowest BCUT2D eigenvalue weighted by Gasteiger charge is -2.18. The number of amides is 1. The van der Waals surface area contributed by atoms with Gasteiger partial charge < -0.3 is 9.08 Å². The predicted molar refractivity (Wildman–Crippen MR) is 102 cm³/mol. The molecular formula is C19H18ClNO5S. The Morgan fingerprint density at radius 2 is 1.93 bits per heavy atom. The molecule has 6 nitrogen and oxygen atoms in total. The van der Waals surface area contributed by atoms with Gasteiger partial charge in [0, 0.05) is 23.7 Å². The van der Waals surface area contributed by atoms with E-state index in [4.69, 9.17) is 15.8 Å². The van der Waals surface area contributed by atoms with Gasteiger partial charge in [-0.2, -0.15) is 8.42 Å². The van der Waals surface area contributed by atoms with Gasteiger partial charge in [0.25, 0.3) is 0 Å². The maximum absolute atomic E-state index is 12.7. The first-order valence-corrected chi connectivity index (χ1v) is 10.1. The summed E-state index contributed by atoms with van der Waals surface area (Å²) in [6, 6.07) is 8.81. The molecule has 0 radical (unpaired) electrons. The minimum Gasteiger partial charge on any atom is -0.378 e. The summed E-state index contributed by atoms with van der Waals surface area (Å²) < 4.78 is 30.7. The van der Waals surface area contributed by atoms with E-state index in [1.165, 1.54) is 31.2 Å². The highest BCUT2D eigenvalue weighted by Crippen LogP contribution is 2.30. The zero-order valence-electron chi connectivity index (χ0n) is 14.9. The average molecular weight is 408 g/mol. The van der Waals surface area contributed by atoms with E-state index >= 15 is 0 Å². The Labute approximate surface area is 162 Å². The monoisotopic (exact) mass is 407 g/mol. The number of benzene rings is 2. The van der Waals surface area contributed by atoms with Crippen LogP contribution < -0.4 is 9.08 Å². The van der Waals surface area contributed by atoms with Crippen LogP contribution in [0.5, 0.6) is 5.75 Å². The first-order chi connectivity index (χ1) is 12.7. The van der Waals surface area contributed by atoms with E-state index in [0.29, 0.717) is 29.2 Å². The van der Waals surface area contributed by atoms with E-state index in [1.54, 1.807) is 24.0 Å². The van der Waals surface area contributed by atoms with Crippen LogP contribution in [0.3, 0.4) is 0 Å². The number of rotatable bonds is 5. The van der Waals surface area contributed by atoms with Crippen molar-refractivity contribution in [1.82, 2.24) is 0 Å². The van der Waals surface area contributed by atoms with Crippen LogP contribution >= 0.6 is 11.6 Å². The second-order valence-corrected chi connectivity index (χ2v) is 8.28. The lowest BCUT2D eigenvalue weighted by molar-refractivity contribution is -0.117. The van der Waals surface area contributed by atoms with Crippen molar-refractivity contribution in [1.29, 1.82) is 0 Å². The fourth-order valence-electron chi connectivity index (χ4n) is 3.02. The van der Waals surface area contributed by atoms with Gasteiger partial charge in [0.2, 0.25) is 5.91 Å². The molecule has 1 aliphatic heterocycles. The molecule has 1 fully saturated rings. The summed E-state index contributed by atoms with van der Waals surface area (Å²) >= 11 is 5.88. The zero-order chi connectivity index (χ0) is 19.8. The molecule has 0 unspecified atom stereocenters. The van der Waals surface area contributed by atoms with E-state index in [9.17, 15) is 18.0 Å². The molecule has 8 heteroatoms. The number of carbonyl (C=O) groups excluding carboxylic acids is 2. The number of ketones is 1. The van der Waals surface area contributed by atoms with Crippen molar-refractivity contribution in [3.8, 4) is 5.75 Å². The van der Waals surface area contributed by atoms with Gasteiger partial charge in [0.15, 0.2) is 11.5 Å². The molecule has 0 spiro atoms. The van der Waals surface area contributed by atoms with Crippen molar-refractivity contribution in [3.05, 3.63) is 52.5 Å². The van der Waals surface area contributed by atoms with Crippen LogP contribution in [0.25, 0.3) is 0 Å². The lowest BCUT2D eigenvalue weighted by atomic mass is 10.1. The Balaban J connectivity index is 1.94. The van der Waals surface area contributed by atoms with Crippen LogP contribution in [-0.4, -0.2) is 26.7 Å². The van der Waals surface area contributed by atoms with Crippen molar-refractivity contribution in [2.24, 2.45) is 0 Å². The van der Waals surface area contributed by atoms with Crippen molar-refractivity contribution in [3.63, 3.8) is 0 Å². The third-order valence-corrected chi connectivity index (χ3v) is 5.96. The molecule has 0 saturated carbocycles. The molecule has 0 bridgehead atoms. The van der Waals surface area contributed by atoms with Crippen LogP contribution in [-0.2, 0) is 14.9 Å². The van der Waals surface area contributed by atoms with Gasteiger partial charge in [-0.3, -0.25) is 9.59 Å². The lowest BCUT2D eigenvalue weighted by Crippen LogP contribution is -2.24. The number of halogens is 1. The number of aryl methyl sites for hydroxylation is 1. The van der Waals surface area contributed by atoms with E-state index in [0.717, 1.165) is 6.42 Å². The Bertz CT molecular complexity index is 1030. The van der Waals surface area contributed by atoms with Gasteiger partial charge in [0.1, 0.15) is 4.90 Å². The Morgan fingerprint density at radius 3 is 2.52 bits per heavy atom. The first kappa shape index (κ1) is 19.4. The molecule has 2 aromatic carbocycles. The molecule has 1 aliphatic rings. The molecule has 27 heavy (non-hydrogen) atoms. The molecular weight excluding hydrogens is 390 g/mol. The summed E-state index contributed by atoms with van der Waals surface area (Å²) in [5, 5.41) is 0.306. The summed E-state index contributed by atoms with van der Waals surface area (Å²) in [6.45, 7) is 3.56. The minimum atomic E-state index is -4.17. The summed E-state index contributed by atoms with van der Waals surface area (Å²) in [4.78, 5) is 25.2. The average Bonchev–Trinajstić information content (AvgIpc) is 3.01. The predicted octanol–water partition coefficient (Wildman–Crippen LogP) is 3.75. The van der Waals surface area contributed by atoms with Crippen molar-refractivity contribution < 1.29 is 22.2 Å². The number of hydrogen-bond acceptors (Lipinski definition) is 5. The van der Waals surface area contributed by atoms with Crippen LogP contribution in [0.4, 0.5) is 5.69 Å². The fourth-order valence-corrected chi connectivity index (χ4v) is 4.35. The maximum Gasteiger partial charge on any atom is 0.339 e. The van der Waals surface area contributed by atoms with Crippen molar-refractivity contribution >= 4 is 39.1 Å². The van der Waals surface area contributed by atoms with Crippen molar-refractivity contribution in [2.45, 2.75) is 31.6 Å². The van der Waals surface area contributed by atoms with Gasteiger partial charge >= 0.3 is 10.1 Å². The topological polar surface area (TPSA) is 80.8 Å². The number of carbonyl (C=O) groups is 2. The summed E-state index contributed by atoms with van der Waals surface area (Å²) in [5.41, 5.74) is 1.19. The van der Waals surface area contributed by atoms with Gasteiger partial charge in [0.05, 0.1) is 5.56 Å². The van der Waals surface area contributed by atoms with Gasteiger partial charge in [-0.15, -0.1) is 0 Å². The van der Waals surface area contributed by atoms with E-state index < -0.39 is 10.1 Å². The number of anilines is 1. The molecule has 1 saturated heterocycles. The Morgan fingerprint density at radius 1 is 1.19 bits per heavy atom. The Hall–Kier alpha value is -2.38. The highest BCUT2D eigenvalue weighted by atomic mass is 35.5. The Kier molecular flexibility index (Phi) is 5.26. The largest absolute Gasteiger partial charge is 0.378 e. The fraction of sp³-hybridized carbons (Fsp3) is 0.263. The van der Waals surface area contributed by atoms with E-state index in [2.05, 4.69) is 0 Å². The van der Waals surface area contributed by atoms with E-state index in [-0.39, 0.29) is 27.9 Å².